The third-order valence-electron chi connectivity index (χ3n) is 4.70. The lowest BCUT2D eigenvalue weighted by atomic mass is 10.1. The van der Waals surface area contributed by atoms with Gasteiger partial charge in [0.15, 0.2) is 0 Å². The van der Waals surface area contributed by atoms with E-state index in [0.717, 1.165) is 33.7 Å². The van der Waals surface area contributed by atoms with Gasteiger partial charge in [-0.25, -0.2) is 4.98 Å². The Hall–Kier alpha value is -3.00. The molecule has 0 amide bonds. The summed E-state index contributed by atoms with van der Waals surface area (Å²) in [7, 11) is 0. The molecule has 0 unspecified atom stereocenters. The molecule has 6 heteroatoms. The molecular formula is C22H16Cl2N4. The van der Waals surface area contributed by atoms with E-state index in [4.69, 9.17) is 23.2 Å². The molecule has 0 aliphatic heterocycles. The molecule has 4 nitrogen and oxygen atoms in total. The Bertz CT molecular complexity index is 1240. The van der Waals surface area contributed by atoms with Crippen molar-refractivity contribution < 1.29 is 0 Å². The Morgan fingerprint density at radius 2 is 1.89 bits per heavy atom. The molecule has 2 heterocycles. The van der Waals surface area contributed by atoms with Crippen LogP contribution in [0, 0.1) is 25.2 Å². The van der Waals surface area contributed by atoms with Gasteiger partial charge in [-0.05, 0) is 61.9 Å². The van der Waals surface area contributed by atoms with Crippen LogP contribution in [0.2, 0.25) is 10.0 Å². The normalized spacial score (nSPS) is 11.8. The second-order valence-corrected chi connectivity index (χ2v) is 7.35. The van der Waals surface area contributed by atoms with Crippen LogP contribution in [0.5, 0.6) is 0 Å². The van der Waals surface area contributed by atoms with Gasteiger partial charge in [-0.15, -0.1) is 0 Å². The molecule has 0 bridgehead atoms. The van der Waals surface area contributed by atoms with Crippen molar-refractivity contribution in [3.63, 3.8) is 0 Å². The average molecular weight is 407 g/mol. The first-order valence-corrected chi connectivity index (χ1v) is 9.45. The first kappa shape index (κ1) is 18.4. The molecule has 0 aliphatic rings. The number of aryl methyl sites for hydroxylation is 1. The zero-order valence-corrected chi connectivity index (χ0v) is 16.8. The summed E-state index contributed by atoms with van der Waals surface area (Å²) in [6.45, 7) is 4.02. The number of benzene rings is 2. The topological polar surface area (TPSA) is 57.4 Å². The molecule has 0 spiro atoms. The fourth-order valence-electron chi connectivity index (χ4n) is 3.34. The lowest BCUT2D eigenvalue weighted by Crippen LogP contribution is -1.99. The summed E-state index contributed by atoms with van der Waals surface area (Å²) in [6, 6.07) is 17.6. The number of rotatable bonds is 3. The first-order valence-electron chi connectivity index (χ1n) is 8.69. The molecule has 0 saturated heterocycles. The van der Waals surface area contributed by atoms with Crippen LogP contribution in [0.1, 0.15) is 22.8 Å². The van der Waals surface area contributed by atoms with E-state index in [9.17, 15) is 5.26 Å². The van der Waals surface area contributed by atoms with Gasteiger partial charge in [0, 0.05) is 17.1 Å². The van der Waals surface area contributed by atoms with Crippen LogP contribution in [0.3, 0.4) is 0 Å². The lowest BCUT2D eigenvalue weighted by molar-refractivity contribution is 0.965. The zero-order valence-electron chi connectivity index (χ0n) is 15.3. The fraction of sp³-hybridized carbons (Fsp3) is 0.0909. The maximum atomic E-state index is 9.70. The van der Waals surface area contributed by atoms with Crippen molar-refractivity contribution in [2.45, 2.75) is 13.8 Å². The van der Waals surface area contributed by atoms with Crippen molar-refractivity contribution >= 4 is 45.9 Å². The Morgan fingerprint density at radius 1 is 1.11 bits per heavy atom. The number of nitrogens with zero attached hydrogens (tertiary/aromatic N) is 3. The number of nitrogens with one attached hydrogen (secondary N) is 1. The van der Waals surface area contributed by atoms with Crippen LogP contribution < -0.4 is 0 Å². The molecule has 0 aliphatic carbocycles. The number of fused-ring (bicyclic) bond motifs is 1. The summed E-state index contributed by atoms with van der Waals surface area (Å²) < 4.78 is 2.08. The highest BCUT2D eigenvalue weighted by Gasteiger charge is 2.13. The number of H-pyrrole nitrogens is 1. The van der Waals surface area contributed by atoms with Gasteiger partial charge in [0.05, 0.1) is 26.7 Å². The molecule has 138 valence electrons. The standard InChI is InChI=1S/C22H16Cl2N4/c1-13-9-15(14(2)28(13)17-7-8-18(23)19(24)11-17)10-16(12-25)22-26-20-5-3-4-6-21(20)27-22/h3-11H,1-2H3,(H,26,27)/b16-10-. The van der Waals surface area contributed by atoms with Crippen molar-refractivity contribution in [3.8, 4) is 11.8 Å². The number of para-hydroxylation sites is 2. The minimum Gasteiger partial charge on any atom is -0.337 e. The Labute approximate surface area is 172 Å². The average Bonchev–Trinajstić information content (AvgIpc) is 3.23. The zero-order chi connectivity index (χ0) is 19.8. The molecule has 28 heavy (non-hydrogen) atoms. The maximum absolute atomic E-state index is 9.70. The quantitative estimate of drug-likeness (QED) is 0.403. The van der Waals surface area contributed by atoms with Gasteiger partial charge in [-0.3, -0.25) is 0 Å². The molecule has 4 aromatic rings. The Balaban J connectivity index is 1.80. The number of aromatic nitrogens is 3. The van der Waals surface area contributed by atoms with E-state index in [1.807, 2.05) is 62.4 Å². The SMILES string of the molecule is Cc1cc(/C=C(/C#N)c2nc3ccccc3[nH]2)c(C)n1-c1ccc(Cl)c(Cl)c1. The number of hydrogen-bond acceptors (Lipinski definition) is 2. The summed E-state index contributed by atoms with van der Waals surface area (Å²) in [5.41, 5.74) is 6.11. The lowest BCUT2D eigenvalue weighted by Gasteiger charge is -2.10. The third kappa shape index (κ3) is 3.20. The summed E-state index contributed by atoms with van der Waals surface area (Å²) in [5.74, 6) is 0.558. The van der Waals surface area contributed by atoms with Crippen LogP contribution in [0.4, 0.5) is 0 Å². The van der Waals surface area contributed by atoms with Gasteiger partial charge in [0.25, 0.3) is 0 Å². The molecule has 0 atom stereocenters. The number of nitriles is 1. The highest BCUT2D eigenvalue weighted by atomic mass is 35.5. The van der Waals surface area contributed by atoms with Crippen LogP contribution in [0.25, 0.3) is 28.4 Å². The van der Waals surface area contributed by atoms with Crippen molar-refractivity contribution in [2.24, 2.45) is 0 Å². The molecule has 0 radical (unpaired) electrons. The van der Waals surface area contributed by atoms with Crippen molar-refractivity contribution in [3.05, 3.63) is 81.4 Å². The van der Waals surface area contributed by atoms with Gasteiger partial charge in [0.1, 0.15) is 11.9 Å². The Morgan fingerprint density at radius 3 is 2.61 bits per heavy atom. The number of imidazole rings is 1. The van der Waals surface area contributed by atoms with Crippen molar-refractivity contribution in [2.75, 3.05) is 0 Å². The molecule has 0 saturated carbocycles. The van der Waals surface area contributed by atoms with Gasteiger partial charge in [-0.1, -0.05) is 35.3 Å². The van der Waals surface area contributed by atoms with Gasteiger partial charge >= 0.3 is 0 Å². The minimum atomic E-state index is 0.477. The third-order valence-corrected chi connectivity index (χ3v) is 5.44. The van der Waals surface area contributed by atoms with E-state index in [1.165, 1.54) is 0 Å². The monoisotopic (exact) mass is 406 g/mol. The van der Waals surface area contributed by atoms with E-state index in [0.29, 0.717) is 21.4 Å². The first-order chi connectivity index (χ1) is 13.5. The van der Waals surface area contributed by atoms with Gasteiger partial charge < -0.3 is 9.55 Å². The van der Waals surface area contributed by atoms with E-state index in [2.05, 4.69) is 20.6 Å². The van der Waals surface area contributed by atoms with Crippen LogP contribution in [-0.2, 0) is 0 Å². The predicted octanol–water partition coefficient (Wildman–Crippen LogP) is 6.34. The fourth-order valence-corrected chi connectivity index (χ4v) is 3.64. The van der Waals surface area contributed by atoms with Crippen LogP contribution >= 0.6 is 23.2 Å². The smallest absolute Gasteiger partial charge is 0.149 e. The highest BCUT2D eigenvalue weighted by molar-refractivity contribution is 6.42. The van der Waals surface area contributed by atoms with Gasteiger partial charge in [0.2, 0.25) is 0 Å². The molecule has 2 aromatic carbocycles. The summed E-state index contributed by atoms with van der Waals surface area (Å²) in [4.78, 5) is 7.75. The van der Waals surface area contributed by atoms with Crippen molar-refractivity contribution in [1.82, 2.24) is 14.5 Å². The molecule has 1 N–H and O–H groups in total. The van der Waals surface area contributed by atoms with Gasteiger partial charge in [-0.2, -0.15) is 5.26 Å². The summed E-state index contributed by atoms with van der Waals surface area (Å²) >= 11 is 12.2. The molecule has 4 rings (SSSR count). The molecule has 2 aromatic heterocycles. The second-order valence-electron chi connectivity index (χ2n) is 6.53. The maximum Gasteiger partial charge on any atom is 0.149 e. The number of hydrogen-bond donors (Lipinski definition) is 1. The molecule has 0 fully saturated rings. The Kier molecular flexibility index (Phi) is 4.72. The highest BCUT2D eigenvalue weighted by Crippen LogP contribution is 2.29. The van der Waals surface area contributed by atoms with E-state index < -0.39 is 0 Å². The number of allylic oxidation sites excluding steroid dienone is 1. The predicted molar refractivity (Wildman–Crippen MR) is 115 cm³/mol. The second kappa shape index (κ2) is 7.20. The number of aromatic amines is 1. The van der Waals surface area contributed by atoms with E-state index in [1.54, 1.807) is 6.07 Å². The van der Waals surface area contributed by atoms with E-state index >= 15 is 0 Å². The van der Waals surface area contributed by atoms with Crippen LogP contribution in [0.15, 0.2) is 48.5 Å². The van der Waals surface area contributed by atoms with E-state index in [-0.39, 0.29) is 0 Å². The summed E-state index contributed by atoms with van der Waals surface area (Å²) in [5, 5.41) is 10.7. The largest absolute Gasteiger partial charge is 0.337 e. The summed E-state index contributed by atoms with van der Waals surface area (Å²) in [6.07, 6.45) is 1.86. The minimum absolute atomic E-state index is 0.477. The number of halogens is 2. The van der Waals surface area contributed by atoms with Crippen molar-refractivity contribution in [1.29, 1.82) is 5.26 Å². The van der Waals surface area contributed by atoms with Crippen LogP contribution in [-0.4, -0.2) is 14.5 Å². The molecular weight excluding hydrogens is 391 g/mol.